The highest BCUT2D eigenvalue weighted by atomic mass is 35.5. The van der Waals surface area contributed by atoms with E-state index in [9.17, 15) is 5.11 Å². The number of aliphatic hydroxyl groups excluding tert-OH is 1. The second kappa shape index (κ2) is 7.26. The van der Waals surface area contributed by atoms with Crippen LogP contribution >= 0.6 is 11.6 Å². The Morgan fingerprint density at radius 3 is 2.48 bits per heavy atom. The van der Waals surface area contributed by atoms with E-state index >= 15 is 0 Å². The van der Waals surface area contributed by atoms with Gasteiger partial charge in [-0.25, -0.2) is 0 Å². The molecular weight excluding hydrogens is 314 g/mol. The third kappa shape index (κ3) is 3.88. The van der Waals surface area contributed by atoms with Gasteiger partial charge in [-0.2, -0.15) is 4.98 Å². The number of aliphatic hydroxyl groups is 1. The van der Waals surface area contributed by atoms with Crippen LogP contribution in [0.25, 0.3) is 11.4 Å². The van der Waals surface area contributed by atoms with Crippen molar-refractivity contribution in [1.29, 1.82) is 0 Å². The molecule has 0 amide bonds. The Morgan fingerprint density at radius 2 is 1.78 bits per heavy atom. The molecule has 0 fully saturated rings. The molecule has 3 rings (SSSR count). The SMILES string of the molecule is OCCN(Cc1nc(-c2ccc(Cl)cc2)no1)c1ccccc1. The molecule has 0 radical (unpaired) electrons. The molecule has 1 aromatic heterocycles. The minimum Gasteiger partial charge on any atom is -0.395 e. The van der Waals surface area contributed by atoms with Crippen molar-refractivity contribution < 1.29 is 9.63 Å². The number of hydrogen-bond acceptors (Lipinski definition) is 5. The largest absolute Gasteiger partial charge is 0.395 e. The molecule has 0 unspecified atom stereocenters. The van der Waals surface area contributed by atoms with Crippen LogP contribution in [-0.2, 0) is 6.54 Å². The van der Waals surface area contributed by atoms with Gasteiger partial charge in [0.05, 0.1) is 13.2 Å². The topological polar surface area (TPSA) is 62.4 Å². The number of nitrogens with zero attached hydrogens (tertiary/aromatic N) is 3. The van der Waals surface area contributed by atoms with Crippen molar-refractivity contribution in [3.05, 3.63) is 65.5 Å². The van der Waals surface area contributed by atoms with Gasteiger partial charge in [0, 0.05) is 22.8 Å². The molecule has 1 heterocycles. The monoisotopic (exact) mass is 329 g/mol. The average molecular weight is 330 g/mol. The average Bonchev–Trinajstić information content (AvgIpc) is 3.04. The van der Waals surface area contributed by atoms with E-state index in [0.29, 0.717) is 29.8 Å². The summed E-state index contributed by atoms with van der Waals surface area (Å²) in [6.45, 7) is 0.973. The van der Waals surface area contributed by atoms with Crippen LogP contribution in [0.3, 0.4) is 0 Å². The highest BCUT2D eigenvalue weighted by Gasteiger charge is 2.13. The number of para-hydroxylation sites is 1. The molecule has 118 valence electrons. The van der Waals surface area contributed by atoms with Crippen LogP contribution in [0.4, 0.5) is 5.69 Å². The Balaban J connectivity index is 1.78. The van der Waals surface area contributed by atoms with E-state index in [-0.39, 0.29) is 6.61 Å². The van der Waals surface area contributed by atoms with Crippen molar-refractivity contribution in [3.8, 4) is 11.4 Å². The second-order valence-corrected chi connectivity index (χ2v) is 5.44. The minimum absolute atomic E-state index is 0.0487. The summed E-state index contributed by atoms with van der Waals surface area (Å²) in [5.74, 6) is 1.01. The fourth-order valence-electron chi connectivity index (χ4n) is 2.26. The first-order valence-corrected chi connectivity index (χ1v) is 7.63. The first-order chi connectivity index (χ1) is 11.3. The van der Waals surface area contributed by atoms with E-state index in [1.54, 1.807) is 12.1 Å². The van der Waals surface area contributed by atoms with Crippen molar-refractivity contribution >= 4 is 17.3 Å². The van der Waals surface area contributed by atoms with Crippen LogP contribution in [0, 0.1) is 0 Å². The summed E-state index contributed by atoms with van der Waals surface area (Å²) in [5, 5.41) is 13.9. The van der Waals surface area contributed by atoms with Gasteiger partial charge in [0.15, 0.2) is 0 Å². The summed E-state index contributed by atoms with van der Waals surface area (Å²) in [7, 11) is 0. The van der Waals surface area contributed by atoms with Gasteiger partial charge >= 0.3 is 0 Å². The van der Waals surface area contributed by atoms with Crippen LogP contribution in [-0.4, -0.2) is 28.4 Å². The first-order valence-electron chi connectivity index (χ1n) is 7.25. The van der Waals surface area contributed by atoms with Crippen molar-refractivity contribution in [2.75, 3.05) is 18.1 Å². The van der Waals surface area contributed by atoms with Gasteiger partial charge in [-0.05, 0) is 36.4 Å². The zero-order chi connectivity index (χ0) is 16.1. The molecule has 0 saturated heterocycles. The third-order valence-electron chi connectivity index (χ3n) is 3.39. The van der Waals surface area contributed by atoms with E-state index in [1.165, 1.54) is 0 Å². The van der Waals surface area contributed by atoms with E-state index in [4.69, 9.17) is 16.1 Å². The summed E-state index contributed by atoms with van der Waals surface area (Å²) in [6, 6.07) is 17.1. The molecule has 0 aliphatic rings. The molecule has 0 saturated carbocycles. The van der Waals surface area contributed by atoms with Crippen molar-refractivity contribution in [1.82, 2.24) is 10.1 Å². The summed E-state index contributed by atoms with van der Waals surface area (Å²) in [6.07, 6.45) is 0. The molecule has 0 aliphatic carbocycles. The van der Waals surface area contributed by atoms with Crippen LogP contribution in [0.5, 0.6) is 0 Å². The number of halogens is 1. The highest BCUT2D eigenvalue weighted by Crippen LogP contribution is 2.20. The summed E-state index contributed by atoms with van der Waals surface area (Å²) < 4.78 is 5.33. The Labute approximate surface area is 139 Å². The first kappa shape index (κ1) is 15.5. The fourth-order valence-corrected chi connectivity index (χ4v) is 2.38. The maximum Gasteiger partial charge on any atom is 0.246 e. The minimum atomic E-state index is 0.0487. The third-order valence-corrected chi connectivity index (χ3v) is 3.64. The maximum atomic E-state index is 9.26. The number of anilines is 1. The Morgan fingerprint density at radius 1 is 1.04 bits per heavy atom. The van der Waals surface area contributed by atoms with E-state index in [0.717, 1.165) is 11.3 Å². The number of hydrogen-bond donors (Lipinski definition) is 1. The normalized spacial score (nSPS) is 10.7. The van der Waals surface area contributed by atoms with E-state index in [2.05, 4.69) is 10.1 Å². The molecule has 0 spiro atoms. The molecule has 23 heavy (non-hydrogen) atoms. The van der Waals surface area contributed by atoms with E-state index in [1.807, 2.05) is 47.4 Å². The summed E-state index contributed by atoms with van der Waals surface area (Å²) >= 11 is 5.88. The molecule has 6 heteroatoms. The van der Waals surface area contributed by atoms with Crippen LogP contribution in [0.1, 0.15) is 5.89 Å². The summed E-state index contributed by atoms with van der Waals surface area (Å²) in [5.41, 5.74) is 1.84. The van der Waals surface area contributed by atoms with Gasteiger partial charge in [-0.15, -0.1) is 0 Å². The van der Waals surface area contributed by atoms with Gasteiger partial charge in [0.25, 0.3) is 0 Å². The maximum absolute atomic E-state index is 9.26. The molecule has 2 aromatic carbocycles. The van der Waals surface area contributed by atoms with Gasteiger partial charge in [0.1, 0.15) is 0 Å². The van der Waals surface area contributed by atoms with Gasteiger partial charge in [0.2, 0.25) is 11.7 Å². The Kier molecular flexibility index (Phi) is 4.90. The fraction of sp³-hybridized carbons (Fsp3) is 0.176. The number of benzene rings is 2. The van der Waals surface area contributed by atoms with Crippen LogP contribution in [0.15, 0.2) is 59.1 Å². The quantitative estimate of drug-likeness (QED) is 0.751. The van der Waals surface area contributed by atoms with Gasteiger partial charge in [-0.3, -0.25) is 0 Å². The second-order valence-electron chi connectivity index (χ2n) is 5.00. The molecule has 0 bridgehead atoms. The molecule has 5 nitrogen and oxygen atoms in total. The zero-order valence-corrected chi connectivity index (χ0v) is 13.1. The lowest BCUT2D eigenvalue weighted by Crippen LogP contribution is -2.26. The van der Waals surface area contributed by atoms with Gasteiger partial charge < -0.3 is 14.5 Å². The lowest BCUT2D eigenvalue weighted by molar-refractivity contribution is 0.298. The molecule has 0 aliphatic heterocycles. The Hall–Kier alpha value is -2.37. The molecule has 1 N–H and O–H groups in total. The van der Waals surface area contributed by atoms with Crippen molar-refractivity contribution in [3.63, 3.8) is 0 Å². The predicted molar refractivity (Wildman–Crippen MR) is 89.3 cm³/mol. The number of aromatic nitrogens is 2. The standard InChI is InChI=1S/C17H16ClN3O2/c18-14-8-6-13(7-9-14)17-19-16(23-20-17)12-21(10-11-22)15-4-2-1-3-5-15/h1-9,22H,10-12H2. The Bertz CT molecular complexity index is 744. The van der Waals surface area contributed by atoms with Crippen LogP contribution in [0.2, 0.25) is 5.02 Å². The smallest absolute Gasteiger partial charge is 0.246 e. The van der Waals surface area contributed by atoms with Crippen molar-refractivity contribution in [2.24, 2.45) is 0 Å². The zero-order valence-electron chi connectivity index (χ0n) is 12.4. The highest BCUT2D eigenvalue weighted by molar-refractivity contribution is 6.30. The van der Waals surface area contributed by atoms with Gasteiger partial charge in [-0.1, -0.05) is 35.0 Å². The molecule has 3 aromatic rings. The van der Waals surface area contributed by atoms with Crippen molar-refractivity contribution in [2.45, 2.75) is 6.54 Å². The number of rotatable bonds is 6. The summed E-state index contributed by atoms with van der Waals surface area (Å²) in [4.78, 5) is 6.40. The lowest BCUT2D eigenvalue weighted by atomic mass is 10.2. The van der Waals surface area contributed by atoms with Crippen LogP contribution < -0.4 is 4.90 Å². The molecular formula is C17H16ClN3O2. The van der Waals surface area contributed by atoms with E-state index < -0.39 is 0 Å². The molecule has 0 atom stereocenters. The lowest BCUT2D eigenvalue weighted by Gasteiger charge is -2.21. The predicted octanol–water partition coefficient (Wildman–Crippen LogP) is 3.39.